The zero-order valence-electron chi connectivity index (χ0n) is 18.3. The average Bonchev–Trinajstić information content (AvgIpc) is 3.18. The first-order chi connectivity index (χ1) is 15.6. The van der Waals surface area contributed by atoms with E-state index < -0.39 is 6.61 Å². The van der Waals surface area contributed by atoms with Crippen LogP contribution in [0.15, 0.2) is 48.5 Å². The third kappa shape index (κ3) is 3.28. The van der Waals surface area contributed by atoms with Crippen LogP contribution in [0.5, 0.6) is 0 Å². The number of carbonyl (C=O) groups excluding carboxylic acids is 2. The number of aromatic nitrogens is 1. The van der Waals surface area contributed by atoms with Gasteiger partial charge >= 0.3 is 5.97 Å². The van der Waals surface area contributed by atoms with Gasteiger partial charge in [0.25, 0.3) is 0 Å². The molecular weight excluding hydrogens is 402 g/mol. The van der Waals surface area contributed by atoms with Crippen LogP contribution in [0.2, 0.25) is 0 Å². The van der Waals surface area contributed by atoms with Crippen molar-refractivity contribution >= 4 is 38.9 Å². The van der Waals surface area contributed by atoms with E-state index in [1.807, 2.05) is 40.8 Å². The standard InChI is InChI=1S/C27H27NO4/c1-2-32-27(31)23-14-18-10-6-7-11-20(18)26-25(17-8-4-3-5-9-17)21-13-12-19(24(30)16-29)15-22(21)28(23)26/h6-7,10-15,17,29H,2-5,8-9,16H2,1H3. The van der Waals surface area contributed by atoms with Gasteiger partial charge in [-0.1, -0.05) is 55.7 Å². The Hall–Kier alpha value is -3.18. The first-order valence-electron chi connectivity index (χ1n) is 11.4. The fraction of sp³-hybridized carbons (Fsp3) is 0.333. The van der Waals surface area contributed by atoms with Crippen LogP contribution in [0.1, 0.15) is 71.4 Å². The van der Waals surface area contributed by atoms with Crippen LogP contribution in [-0.4, -0.2) is 34.5 Å². The van der Waals surface area contributed by atoms with Crippen molar-refractivity contribution in [2.75, 3.05) is 13.2 Å². The maximum atomic E-state index is 13.1. The van der Waals surface area contributed by atoms with E-state index in [0.717, 1.165) is 40.0 Å². The molecule has 1 aliphatic rings. The number of carbonyl (C=O) groups is 2. The third-order valence-electron chi connectivity index (χ3n) is 6.72. The lowest BCUT2D eigenvalue weighted by molar-refractivity contribution is 0.0518. The van der Waals surface area contributed by atoms with Gasteiger partial charge in [0.05, 0.1) is 17.6 Å². The maximum Gasteiger partial charge on any atom is 0.355 e. The van der Waals surface area contributed by atoms with Crippen LogP contribution < -0.4 is 0 Å². The SMILES string of the molecule is CCOC(=O)c1cc2ccccc2c2c(C3CCCCC3)c3ccc(C(=O)CO)cc3n12. The highest BCUT2D eigenvalue weighted by molar-refractivity contribution is 6.11. The van der Waals surface area contributed by atoms with Gasteiger partial charge in [-0.05, 0) is 48.8 Å². The van der Waals surface area contributed by atoms with Crippen molar-refractivity contribution in [3.63, 3.8) is 0 Å². The average molecular weight is 430 g/mol. The number of aliphatic hydroxyl groups excluding tert-OH is 1. The monoisotopic (exact) mass is 429 g/mol. The van der Waals surface area contributed by atoms with Crippen LogP contribution >= 0.6 is 0 Å². The number of aliphatic hydroxyl groups is 1. The Morgan fingerprint density at radius 2 is 1.81 bits per heavy atom. The first-order valence-corrected chi connectivity index (χ1v) is 11.4. The Morgan fingerprint density at radius 1 is 1.03 bits per heavy atom. The normalized spacial score (nSPS) is 14.9. The molecule has 1 aliphatic carbocycles. The van der Waals surface area contributed by atoms with Gasteiger partial charge in [-0.25, -0.2) is 4.79 Å². The van der Waals surface area contributed by atoms with Gasteiger partial charge in [-0.15, -0.1) is 0 Å². The molecule has 0 amide bonds. The number of ketones is 1. The topological polar surface area (TPSA) is 68.0 Å². The number of rotatable bonds is 5. The highest BCUT2D eigenvalue weighted by Crippen LogP contribution is 2.43. The van der Waals surface area contributed by atoms with Crippen molar-refractivity contribution in [2.45, 2.75) is 44.9 Å². The summed E-state index contributed by atoms with van der Waals surface area (Å²) in [5.74, 6) is -0.315. The molecule has 2 aromatic carbocycles. The molecule has 4 aromatic rings. The molecule has 0 atom stereocenters. The molecule has 0 bridgehead atoms. The molecule has 0 spiro atoms. The second kappa shape index (κ2) is 8.40. The zero-order valence-corrected chi connectivity index (χ0v) is 18.3. The van der Waals surface area contributed by atoms with Crippen molar-refractivity contribution in [1.29, 1.82) is 0 Å². The summed E-state index contributed by atoms with van der Waals surface area (Å²) >= 11 is 0. The molecule has 164 valence electrons. The smallest absolute Gasteiger partial charge is 0.355 e. The summed E-state index contributed by atoms with van der Waals surface area (Å²) < 4.78 is 7.40. The molecule has 2 aromatic heterocycles. The maximum absolute atomic E-state index is 13.1. The Morgan fingerprint density at radius 3 is 2.56 bits per heavy atom. The summed E-state index contributed by atoms with van der Waals surface area (Å²) in [5.41, 5.74) is 4.00. The summed E-state index contributed by atoms with van der Waals surface area (Å²) in [6.45, 7) is 1.55. The number of benzene rings is 2. The molecular formula is C27H27NO4. The summed E-state index contributed by atoms with van der Waals surface area (Å²) in [4.78, 5) is 25.3. The van der Waals surface area contributed by atoms with Gasteiger partial charge in [0.1, 0.15) is 12.3 Å². The number of Topliss-reactive ketones (excluding diaryl/α,β-unsaturated/α-hetero) is 1. The number of pyridine rings is 1. The molecule has 0 aliphatic heterocycles. The first kappa shape index (κ1) is 20.7. The number of esters is 1. The summed E-state index contributed by atoms with van der Waals surface area (Å²) in [6.07, 6.45) is 5.87. The lowest BCUT2D eigenvalue weighted by Crippen LogP contribution is -2.11. The van der Waals surface area contributed by atoms with E-state index in [1.54, 1.807) is 13.0 Å². The van der Waals surface area contributed by atoms with Crippen molar-refractivity contribution in [1.82, 2.24) is 4.40 Å². The van der Waals surface area contributed by atoms with E-state index in [0.29, 0.717) is 17.2 Å². The van der Waals surface area contributed by atoms with E-state index in [2.05, 4.69) is 6.07 Å². The number of nitrogens with zero attached hydrogens (tertiary/aromatic N) is 1. The molecule has 5 rings (SSSR count). The minimum Gasteiger partial charge on any atom is -0.461 e. The second-order valence-electron chi connectivity index (χ2n) is 8.58. The van der Waals surface area contributed by atoms with Gasteiger partial charge < -0.3 is 14.2 Å². The summed E-state index contributed by atoms with van der Waals surface area (Å²) in [6, 6.07) is 15.6. The number of hydrogen-bond acceptors (Lipinski definition) is 4. The number of fused-ring (bicyclic) bond motifs is 5. The molecule has 0 saturated heterocycles. The lowest BCUT2D eigenvalue weighted by Gasteiger charge is -2.22. The van der Waals surface area contributed by atoms with E-state index in [1.165, 1.54) is 24.8 Å². The Labute approximate surface area is 186 Å². The van der Waals surface area contributed by atoms with Crippen molar-refractivity contribution in [2.24, 2.45) is 0 Å². The molecule has 5 nitrogen and oxygen atoms in total. The molecule has 0 unspecified atom stereocenters. The molecule has 1 fully saturated rings. The third-order valence-corrected chi connectivity index (χ3v) is 6.72. The molecule has 5 heteroatoms. The quantitative estimate of drug-likeness (QED) is 0.329. The van der Waals surface area contributed by atoms with E-state index in [-0.39, 0.29) is 18.4 Å². The van der Waals surface area contributed by atoms with Gasteiger partial charge in [-0.2, -0.15) is 0 Å². The van der Waals surface area contributed by atoms with Crippen molar-refractivity contribution in [3.8, 4) is 0 Å². The highest BCUT2D eigenvalue weighted by Gasteiger charge is 2.27. The van der Waals surface area contributed by atoms with Gasteiger partial charge in [0.15, 0.2) is 5.78 Å². The summed E-state index contributed by atoms with van der Waals surface area (Å²) in [5, 5.41) is 12.6. The second-order valence-corrected chi connectivity index (χ2v) is 8.58. The molecule has 0 radical (unpaired) electrons. The van der Waals surface area contributed by atoms with Gasteiger partial charge in [0, 0.05) is 16.3 Å². The van der Waals surface area contributed by atoms with Crippen LogP contribution in [0.4, 0.5) is 0 Å². The number of ether oxygens (including phenoxy) is 1. The Kier molecular flexibility index (Phi) is 5.43. The minimum atomic E-state index is -0.544. The van der Waals surface area contributed by atoms with Crippen LogP contribution in [0.3, 0.4) is 0 Å². The minimum absolute atomic E-state index is 0.288. The van der Waals surface area contributed by atoms with Gasteiger partial charge in [0.2, 0.25) is 0 Å². The molecule has 1 saturated carbocycles. The number of hydrogen-bond donors (Lipinski definition) is 1. The highest BCUT2D eigenvalue weighted by atomic mass is 16.5. The largest absolute Gasteiger partial charge is 0.461 e. The predicted molar refractivity (Wildman–Crippen MR) is 126 cm³/mol. The van der Waals surface area contributed by atoms with Gasteiger partial charge in [-0.3, -0.25) is 4.79 Å². The lowest BCUT2D eigenvalue weighted by atomic mass is 9.82. The Balaban J connectivity index is 1.95. The van der Waals surface area contributed by atoms with Crippen LogP contribution in [0.25, 0.3) is 27.2 Å². The Bertz CT molecular complexity index is 1340. The van der Waals surface area contributed by atoms with Crippen LogP contribution in [-0.2, 0) is 4.74 Å². The fourth-order valence-corrected chi connectivity index (χ4v) is 5.30. The zero-order chi connectivity index (χ0) is 22.2. The molecule has 1 N–H and O–H groups in total. The summed E-state index contributed by atoms with van der Waals surface area (Å²) in [7, 11) is 0. The van der Waals surface area contributed by atoms with E-state index >= 15 is 0 Å². The van der Waals surface area contributed by atoms with E-state index in [4.69, 9.17) is 4.74 Å². The molecule has 32 heavy (non-hydrogen) atoms. The van der Waals surface area contributed by atoms with Crippen molar-refractivity contribution < 1.29 is 19.4 Å². The van der Waals surface area contributed by atoms with E-state index in [9.17, 15) is 14.7 Å². The molecule has 2 heterocycles. The predicted octanol–water partition coefficient (Wildman–Crippen LogP) is 5.65. The van der Waals surface area contributed by atoms with Crippen LogP contribution in [0, 0.1) is 0 Å². The van der Waals surface area contributed by atoms with Crippen molar-refractivity contribution in [3.05, 3.63) is 65.4 Å². The fourth-order valence-electron chi connectivity index (χ4n) is 5.30.